The minimum Gasteiger partial charge on any atom is -0.397 e. The van der Waals surface area contributed by atoms with Crippen LogP contribution in [0.15, 0.2) is 42.5 Å². The van der Waals surface area contributed by atoms with Crippen LogP contribution in [0.2, 0.25) is 0 Å². The van der Waals surface area contributed by atoms with Gasteiger partial charge in [0.15, 0.2) is 0 Å². The fourth-order valence-corrected chi connectivity index (χ4v) is 2.15. The number of nitrogen functional groups attached to an aromatic ring is 2. The normalized spacial score (nSPS) is 12.0. The van der Waals surface area contributed by atoms with E-state index < -0.39 is 11.7 Å². The van der Waals surface area contributed by atoms with Gasteiger partial charge in [0.1, 0.15) is 0 Å². The maximum absolute atomic E-state index is 13.1. The molecule has 0 heterocycles. The summed E-state index contributed by atoms with van der Waals surface area (Å²) in [6, 6.07) is 8.47. The van der Waals surface area contributed by atoms with Gasteiger partial charge in [-0.2, -0.15) is 13.2 Å². The highest BCUT2D eigenvalue weighted by atomic mass is 19.4. The molecule has 0 aliphatic heterocycles. The molecule has 0 bridgehead atoms. The quantitative estimate of drug-likeness (QED) is 0.797. The van der Waals surface area contributed by atoms with Gasteiger partial charge in [-0.15, -0.1) is 0 Å². The van der Waals surface area contributed by atoms with Gasteiger partial charge in [-0.25, -0.2) is 0 Å². The summed E-state index contributed by atoms with van der Waals surface area (Å²) in [4.78, 5) is 0. The average molecular weight is 292 g/mol. The molecule has 2 rings (SSSR count). The molecule has 0 aliphatic carbocycles. The van der Waals surface area contributed by atoms with E-state index in [9.17, 15) is 13.2 Å². The van der Waals surface area contributed by atoms with E-state index in [0.717, 1.165) is 6.07 Å². The van der Waals surface area contributed by atoms with Crippen molar-refractivity contribution in [3.63, 3.8) is 0 Å². The van der Waals surface area contributed by atoms with Crippen molar-refractivity contribution in [2.45, 2.75) is 13.1 Å². The van der Waals surface area contributed by atoms with Crippen LogP contribution in [0.4, 0.5) is 24.5 Å². The summed E-state index contributed by atoms with van der Waals surface area (Å²) in [5.41, 5.74) is 12.7. The first-order valence-electron chi connectivity index (χ1n) is 6.33. The molecule has 0 amide bonds. The van der Waals surface area contributed by atoms with E-state index in [2.05, 4.69) is 0 Å². The summed E-state index contributed by atoms with van der Waals surface area (Å²) < 4.78 is 39.3. The minimum absolute atomic E-state index is 0.0856. The van der Waals surface area contributed by atoms with Crippen LogP contribution in [-0.2, 0) is 6.18 Å². The average Bonchev–Trinajstić information content (AvgIpc) is 2.43. The molecule has 0 atom stereocenters. The summed E-state index contributed by atoms with van der Waals surface area (Å²) in [5, 5.41) is 0. The molecule has 0 saturated heterocycles. The largest absolute Gasteiger partial charge is 0.417 e. The van der Waals surface area contributed by atoms with Crippen molar-refractivity contribution < 1.29 is 13.2 Å². The molecule has 0 saturated carbocycles. The van der Waals surface area contributed by atoms with Crippen molar-refractivity contribution in [1.82, 2.24) is 0 Å². The first-order valence-corrected chi connectivity index (χ1v) is 6.33. The number of hydrogen-bond donors (Lipinski definition) is 2. The maximum Gasteiger partial charge on any atom is 0.417 e. The standard InChI is InChI=1S/C16H15F3N2/c1-2-5-10-8-11(9-14(20)15(10)21)12-6-3-4-7-13(12)16(17,18)19/h2-9H,20-21H2,1H3/b5-2-. The summed E-state index contributed by atoms with van der Waals surface area (Å²) in [6.45, 7) is 1.80. The molecular weight excluding hydrogens is 277 g/mol. The summed E-state index contributed by atoms with van der Waals surface area (Å²) in [7, 11) is 0. The molecule has 0 fully saturated rings. The number of alkyl halides is 3. The molecular formula is C16H15F3N2. The molecule has 0 aliphatic rings. The molecule has 21 heavy (non-hydrogen) atoms. The lowest BCUT2D eigenvalue weighted by Crippen LogP contribution is -2.07. The van der Waals surface area contributed by atoms with Gasteiger partial charge in [-0.1, -0.05) is 30.4 Å². The monoisotopic (exact) mass is 292 g/mol. The van der Waals surface area contributed by atoms with Crippen LogP contribution in [0.3, 0.4) is 0 Å². The third-order valence-corrected chi connectivity index (χ3v) is 3.13. The summed E-state index contributed by atoms with van der Waals surface area (Å²) in [6.07, 6.45) is -0.955. The van der Waals surface area contributed by atoms with Crippen molar-refractivity contribution in [3.8, 4) is 11.1 Å². The Labute approximate surface area is 120 Å². The maximum atomic E-state index is 13.1. The number of hydrogen-bond acceptors (Lipinski definition) is 2. The van der Waals surface area contributed by atoms with Crippen molar-refractivity contribution in [3.05, 3.63) is 53.6 Å². The van der Waals surface area contributed by atoms with Crippen molar-refractivity contribution >= 4 is 17.5 Å². The highest BCUT2D eigenvalue weighted by molar-refractivity contribution is 5.83. The number of nitrogens with two attached hydrogens (primary N) is 2. The van der Waals surface area contributed by atoms with E-state index in [1.165, 1.54) is 18.2 Å². The number of halogens is 3. The minimum atomic E-state index is -4.42. The Balaban J connectivity index is 2.69. The Hall–Kier alpha value is -2.43. The highest BCUT2D eigenvalue weighted by Gasteiger charge is 2.33. The lowest BCUT2D eigenvalue weighted by atomic mass is 9.96. The lowest BCUT2D eigenvalue weighted by molar-refractivity contribution is -0.137. The zero-order valence-electron chi connectivity index (χ0n) is 11.4. The molecule has 2 aromatic carbocycles. The summed E-state index contributed by atoms with van der Waals surface area (Å²) >= 11 is 0. The van der Waals surface area contributed by atoms with E-state index >= 15 is 0 Å². The van der Waals surface area contributed by atoms with E-state index in [0.29, 0.717) is 16.8 Å². The van der Waals surface area contributed by atoms with E-state index in [4.69, 9.17) is 11.5 Å². The van der Waals surface area contributed by atoms with Gasteiger partial charge in [0.05, 0.1) is 16.9 Å². The fraction of sp³-hybridized carbons (Fsp3) is 0.125. The molecule has 0 spiro atoms. The predicted molar refractivity (Wildman–Crippen MR) is 80.4 cm³/mol. The molecule has 5 heteroatoms. The van der Waals surface area contributed by atoms with Gasteiger partial charge < -0.3 is 11.5 Å². The van der Waals surface area contributed by atoms with Crippen molar-refractivity contribution in [2.24, 2.45) is 0 Å². The zero-order chi connectivity index (χ0) is 15.6. The van der Waals surface area contributed by atoms with Crippen LogP contribution in [0.25, 0.3) is 17.2 Å². The van der Waals surface area contributed by atoms with Gasteiger partial charge in [-0.3, -0.25) is 0 Å². The Morgan fingerprint density at radius 1 is 1.05 bits per heavy atom. The second-order valence-corrected chi connectivity index (χ2v) is 4.61. The molecule has 2 nitrogen and oxygen atoms in total. The fourth-order valence-electron chi connectivity index (χ4n) is 2.15. The van der Waals surface area contributed by atoms with Crippen LogP contribution in [0, 0.1) is 0 Å². The first-order chi connectivity index (χ1) is 9.84. The van der Waals surface area contributed by atoms with Crippen LogP contribution in [0.5, 0.6) is 0 Å². The number of anilines is 2. The molecule has 0 unspecified atom stereocenters. The van der Waals surface area contributed by atoms with Crippen LogP contribution in [-0.4, -0.2) is 0 Å². The zero-order valence-corrected chi connectivity index (χ0v) is 11.4. The van der Waals surface area contributed by atoms with Crippen molar-refractivity contribution in [1.29, 1.82) is 0 Å². The molecule has 110 valence electrons. The van der Waals surface area contributed by atoms with Crippen LogP contribution >= 0.6 is 0 Å². The Kier molecular flexibility index (Phi) is 3.93. The summed E-state index contributed by atoms with van der Waals surface area (Å²) in [5.74, 6) is 0. The highest BCUT2D eigenvalue weighted by Crippen LogP contribution is 2.39. The van der Waals surface area contributed by atoms with E-state index in [1.54, 1.807) is 31.2 Å². The smallest absolute Gasteiger partial charge is 0.397 e. The lowest BCUT2D eigenvalue weighted by Gasteiger charge is -2.15. The van der Waals surface area contributed by atoms with Gasteiger partial charge in [-0.05, 0) is 41.8 Å². The molecule has 2 aromatic rings. The van der Waals surface area contributed by atoms with Crippen LogP contribution < -0.4 is 11.5 Å². The first kappa shape index (κ1) is 15.0. The second kappa shape index (κ2) is 5.52. The van der Waals surface area contributed by atoms with Crippen molar-refractivity contribution in [2.75, 3.05) is 11.5 Å². The van der Waals surface area contributed by atoms with Crippen LogP contribution in [0.1, 0.15) is 18.1 Å². The third-order valence-electron chi connectivity index (χ3n) is 3.13. The number of allylic oxidation sites excluding steroid dienone is 1. The number of rotatable bonds is 2. The molecule has 4 N–H and O–H groups in total. The van der Waals surface area contributed by atoms with Gasteiger partial charge in [0.2, 0.25) is 0 Å². The van der Waals surface area contributed by atoms with Gasteiger partial charge in [0, 0.05) is 0 Å². The topological polar surface area (TPSA) is 52.0 Å². The van der Waals surface area contributed by atoms with Gasteiger partial charge >= 0.3 is 6.18 Å². The Morgan fingerprint density at radius 3 is 2.33 bits per heavy atom. The van der Waals surface area contributed by atoms with E-state index in [-0.39, 0.29) is 11.3 Å². The van der Waals surface area contributed by atoms with E-state index in [1.807, 2.05) is 0 Å². The third kappa shape index (κ3) is 3.02. The molecule has 0 aromatic heterocycles. The Morgan fingerprint density at radius 2 is 1.71 bits per heavy atom. The van der Waals surface area contributed by atoms with Gasteiger partial charge in [0.25, 0.3) is 0 Å². The second-order valence-electron chi connectivity index (χ2n) is 4.61. The predicted octanol–water partition coefficient (Wildman–Crippen LogP) is 4.57. The molecule has 0 radical (unpaired) electrons. The Bertz CT molecular complexity index is 688. The SMILES string of the molecule is C/C=C\c1cc(-c2ccccc2C(F)(F)F)cc(N)c1N. The number of benzene rings is 2.